The van der Waals surface area contributed by atoms with Crippen molar-refractivity contribution in [3.63, 3.8) is 0 Å². The van der Waals surface area contributed by atoms with Crippen LogP contribution in [0.25, 0.3) is 11.6 Å². The molecule has 0 radical (unpaired) electrons. The van der Waals surface area contributed by atoms with E-state index >= 15 is 0 Å². The summed E-state index contributed by atoms with van der Waals surface area (Å²) in [5.74, 6) is 0.490. The van der Waals surface area contributed by atoms with Gasteiger partial charge in [-0.1, -0.05) is 36.4 Å². The van der Waals surface area contributed by atoms with E-state index in [1.165, 1.54) is 11.1 Å². The summed E-state index contributed by atoms with van der Waals surface area (Å²) in [4.78, 5) is 30.5. The molecule has 2 N–H and O–H groups in total. The van der Waals surface area contributed by atoms with Crippen molar-refractivity contribution in [2.75, 3.05) is 25.0 Å². The highest BCUT2D eigenvalue weighted by Crippen LogP contribution is 2.22. The smallest absolute Gasteiger partial charge is 0.246 e. The maximum atomic E-state index is 12.7. The number of hydrogen-bond acceptors (Lipinski definition) is 4. The molecule has 3 heterocycles. The molecule has 6 nitrogen and oxygen atoms in total. The van der Waals surface area contributed by atoms with Gasteiger partial charge in [0.25, 0.3) is 0 Å². The number of rotatable bonds is 3. The molecule has 2 aliphatic rings. The third kappa shape index (κ3) is 4.78. The van der Waals surface area contributed by atoms with Crippen molar-refractivity contribution in [3.05, 3.63) is 71.4 Å². The van der Waals surface area contributed by atoms with Crippen LogP contribution in [-0.4, -0.2) is 41.3 Å². The van der Waals surface area contributed by atoms with Crippen LogP contribution in [0.1, 0.15) is 29.5 Å². The van der Waals surface area contributed by atoms with Crippen LogP contribution in [-0.2, 0) is 16.1 Å². The lowest BCUT2D eigenvalue weighted by molar-refractivity contribution is -0.125. The molecule has 0 saturated heterocycles. The summed E-state index contributed by atoms with van der Waals surface area (Å²) in [6, 6.07) is 12.3. The van der Waals surface area contributed by atoms with Gasteiger partial charge in [-0.3, -0.25) is 9.59 Å². The quantitative estimate of drug-likeness (QED) is 0.793. The molecule has 1 aromatic heterocycles. The number of nitrogens with one attached hydrogen (secondary N) is 2. The van der Waals surface area contributed by atoms with Crippen LogP contribution >= 0.6 is 0 Å². The van der Waals surface area contributed by atoms with E-state index in [4.69, 9.17) is 0 Å². The van der Waals surface area contributed by atoms with Crippen molar-refractivity contribution < 1.29 is 9.59 Å². The van der Waals surface area contributed by atoms with Gasteiger partial charge in [-0.25, -0.2) is 4.98 Å². The SMILES string of the molecule is O=C1CNCc2cc(C=CC(=O)N3CCC=C(c4ccccc4)CC3)cnc2N1. The highest BCUT2D eigenvalue weighted by molar-refractivity contribution is 5.93. The molecule has 4 rings (SSSR count). The standard InChI is InChI=1S/C23H24N4O2/c28-21-16-24-15-20-13-17(14-25-23(20)26-21)8-9-22(29)27-11-4-7-19(10-12-27)18-5-2-1-3-6-18/h1-3,5-9,13-14,24H,4,10-12,15-16H2,(H,25,26,28). The highest BCUT2D eigenvalue weighted by Gasteiger charge is 2.16. The summed E-state index contributed by atoms with van der Waals surface area (Å²) in [7, 11) is 0. The van der Waals surface area contributed by atoms with Gasteiger partial charge in [-0.15, -0.1) is 0 Å². The molecular weight excluding hydrogens is 364 g/mol. The van der Waals surface area contributed by atoms with Crippen LogP contribution in [0.4, 0.5) is 5.82 Å². The molecule has 0 unspecified atom stereocenters. The Morgan fingerprint density at radius 2 is 2.00 bits per heavy atom. The second kappa shape index (κ2) is 8.84. The lowest BCUT2D eigenvalue weighted by Gasteiger charge is -2.18. The van der Waals surface area contributed by atoms with Gasteiger partial charge in [-0.2, -0.15) is 0 Å². The molecule has 0 aliphatic carbocycles. The number of carbonyl (C=O) groups excluding carboxylic acids is 2. The predicted octanol–water partition coefficient (Wildman–Crippen LogP) is 2.84. The summed E-state index contributed by atoms with van der Waals surface area (Å²) in [5.41, 5.74) is 4.29. The maximum absolute atomic E-state index is 12.7. The van der Waals surface area contributed by atoms with Crippen molar-refractivity contribution in [1.29, 1.82) is 0 Å². The Morgan fingerprint density at radius 1 is 1.14 bits per heavy atom. The van der Waals surface area contributed by atoms with Crippen LogP contribution in [0.3, 0.4) is 0 Å². The third-order valence-corrected chi connectivity index (χ3v) is 5.16. The van der Waals surface area contributed by atoms with Crippen molar-refractivity contribution in [1.82, 2.24) is 15.2 Å². The van der Waals surface area contributed by atoms with E-state index in [2.05, 4.69) is 33.8 Å². The van der Waals surface area contributed by atoms with Crippen LogP contribution in [0.2, 0.25) is 0 Å². The van der Waals surface area contributed by atoms with E-state index in [0.717, 1.165) is 30.5 Å². The number of aromatic nitrogens is 1. The Labute approximate surface area is 170 Å². The van der Waals surface area contributed by atoms with Crippen LogP contribution in [0.15, 0.2) is 54.7 Å². The van der Waals surface area contributed by atoms with Crippen LogP contribution in [0.5, 0.6) is 0 Å². The molecule has 2 amide bonds. The molecule has 0 fully saturated rings. The van der Waals surface area contributed by atoms with E-state index < -0.39 is 0 Å². The van der Waals surface area contributed by atoms with Gasteiger partial charge in [0.1, 0.15) is 5.82 Å². The highest BCUT2D eigenvalue weighted by atomic mass is 16.2. The minimum absolute atomic E-state index is 0.00841. The Balaban J connectivity index is 1.39. The summed E-state index contributed by atoms with van der Waals surface area (Å²) >= 11 is 0. The first-order valence-electron chi connectivity index (χ1n) is 9.90. The van der Waals surface area contributed by atoms with Crippen molar-refractivity contribution >= 4 is 29.3 Å². The average molecular weight is 388 g/mol. The number of amides is 2. The number of fused-ring (bicyclic) bond motifs is 1. The lowest BCUT2D eigenvalue weighted by atomic mass is 10.0. The van der Waals surface area contributed by atoms with Gasteiger partial charge in [0, 0.05) is 37.5 Å². The van der Waals surface area contributed by atoms with E-state index in [1.54, 1.807) is 18.3 Å². The number of nitrogens with zero attached hydrogens (tertiary/aromatic N) is 2. The molecule has 148 valence electrons. The molecule has 0 atom stereocenters. The Kier molecular flexibility index (Phi) is 5.81. The Bertz CT molecular complexity index is 966. The second-order valence-electron chi connectivity index (χ2n) is 7.22. The molecule has 6 heteroatoms. The molecule has 0 bridgehead atoms. The second-order valence-corrected chi connectivity index (χ2v) is 7.22. The van der Waals surface area contributed by atoms with E-state index in [-0.39, 0.29) is 18.4 Å². The zero-order chi connectivity index (χ0) is 20.1. The fourth-order valence-electron chi connectivity index (χ4n) is 3.63. The number of benzene rings is 1. The molecule has 2 aromatic rings. The number of pyridine rings is 1. The molecular formula is C23H24N4O2. The summed E-state index contributed by atoms with van der Waals surface area (Å²) in [6.45, 7) is 2.27. The first-order chi connectivity index (χ1) is 14.2. The molecule has 1 aromatic carbocycles. The minimum atomic E-state index is -0.0978. The van der Waals surface area contributed by atoms with E-state index in [1.807, 2.05) is 29.2 Å². The van der Waals surface area contributed by atoms with Gasteiger partial charge in [0.2, 0.25) is 11.8 Å². The largest absolute Gasteiger partial charge is 0.339 e. The van der Waals surface area contributed by atoms with Crippen molar-refractivity contribution in [2.24, 2.45) is 0 Å². The normalized spacial score (nSPS) is 17.2. The van der Waals surface area contributed by atoms with Gasteiger partial charge in [0.15, 0.2) is 0 Å². The molecule has 0 saturated carbocycles. The Hall–Kier alpha value is -3.25. The lowest BCUT2D eigenvalue weighted by Crippen LogP contribution is -2.30. The number of carbonyl (C=O) groups is 2. The van der Waals surface area contributed by atoms with Crippen LogP contribution in [0, 0.1) is 0 Å². The summed E-state index contributed by atoms with van der Waals surface area (Å²) < 4.78 is 0. The topological polar surface area (TPSA) is 74.3 Å². The fraction of sp³-hybridized carbons (Fsp3) is 0.261. The van der Waals surface area contributed by atoms with Gasteiger partial charge >= 0.3 is 0 Å². The molecule has 2 aliphatic heterocycles. The van der Waals surface area contributed by atoms with Gasteiger partial charge in [-0.05, 0) is 41.7 Å². The number of hydrogen-bond donors (Lipinski definition) is 2. The summed E-state index contributed by atoms with van der Waals surface area (Å²) in [6.07, 6.45) is 9.03. The van der Waals surface area contributed by atoms with Crippen LogP contribution < -0.4 is 10.6 Å². The first-order valence-corrected chi connectivity index (χ1v) is 9.90. The van der Waals surface area contributed by atoms with Gasteiger partial charge < -0.3 is 15.5 Å². The minimum Gasteiger partial charge on any atom is -0.339 e. The van der Waals surface area contributed by atoms with E-state index in [0.29, 0.717) is 18.9 Å². The third-order valence-electron chi connectivity index (χ3n) is 5.16. The zero-order valence-electron chi connectivity index (χ0n) is 16.2. The van der Waals surface area contributed by atoms with E-state index in [9.17, 15) is 9.59 Å². The Morgan fingerprint density at radius 3 is 2.86 bits per heavy atom. The predicted molar refractivity (Wildman–Crippen MR) is 114 cm³/mol. The summed E-state index contributed by atoms with van der Waals surface area (Å²) in [5, 5.41) is 5.84. The maximum Gasteiger partial charge on any atom is 0.246 e. The van der Waals surface area contributed by atoms with Gasteiger partial charge in [0.05, 0.1) is 6.54 Å². The first kappa shape index (κ1) is 19.1. The number of anilines is 1. The zero-order valence-corrected chi connectivity index (χ0v) is 16.2. The van der Waals surface area contributed by atoms with Crippen molar-refractivity contribution in [2.45, 2.75) is 19.4 Å². The van der Waals surface area contributed by atoms with Crippen molar-refractivity contribution in [3.8, 4) is 0 Å². The average Bonchev–Trinajstić information content (AvgIpc) is 3.10. The molecule has 29 heavy (non-hydrogen) atoms. The molecule has 0 spiro atoms. The fourth-order valence-corrected chi connectivity index (χ4v) is 3.63. The monoisotopic (exact) mass is 388 g/mol.